The molecule has 0 saturated carbocycles. The average Bonchev–Trinajstić information content (AvgIpc) is 3.09. The minimum Gasteiger partial charge on any atom is -0.493 e. The maximum atomic E-state index is 12.4. The highest BCUT2D eigenvalue weighted by Crippen LogP contribution is 2.35. The number of carbonyl (C=O) groups excluding carboxylic acids is 1. The van der Waals surface area contributed by atoms with E-state index in [1.165, 1.54) is 22.8 Å². The van der Waals surface area contributed by atoms with Crippen molar-refractivity contribution in [2.45, 2.75) is 0 Å². The molecule has 134 valence electrons. The Bertz CT molecular complexity index is 1330. The first-order chi connectivity index (χ1) is 12.9. The van der Waals surface area contributed by atoms with Crippen molar-refractivity contribution >= 4 is 52.3 Å². The quantitative estimate of drug-likeness (QED) is 0.401. The fourth-order valence-corrected chi connectivity index (χ4v) is 4.37. The van der Waals surface area contributed by atoms with Crippen LogP contribution in [0, 0.1) is 14.1 Å². The maximum Gasteiger partial charge on any atom is 0.279 e. The molecule has 0 saturated heterocycles. The molecular weight excluding hydrogens is 410 g/mol. The number of benzene rings is 2. The molecule has 3 aromatic rings. The van der Waals surface area contributed by atoms with E-state index in [-0.39, 0.29) is 22.0 Å². The van der Waals surface area contributed by atoms with Crippen molar-refractivity contribution in [3.8, 4) is 11.6 Å². The van der Waals surface area contributed by atoms with Gasteiger partial charge in [-0.2, -0.15) is 0 Å². The van der Waals surface area contributed by atoms with E-state index in [4.69, 9.17) is 23.8 Å². The standard InChI is InChI=1S/C17H8ClN3O4S2/c18-8-2-1-3-9(6-8)20-16(23)14(27-17(20)26)13-11-7-10(21(24)25)4-5-12(11)19-15(13)22/h1-7,23H. The summed E-state index contributed by atoms with van der Waals surface area (Å²) in [5.74, 6) is -0.833. The number of amides is 1. The first kappa shape index (κ1) is 17.5. The van der Waals surface area contributed by atoms with Crippen LogP contribution in [-0.4, -0.2) is 20.5 Å². The summed E-state index contributed by atoms with van der Waals surface area (Å²) in [5, 5.41) is 22.9. The number of rotatable bonds is 3. The Morgan fingerprint density at radius 2 is 2.04 bits per heavy atom. The molecule has 2 heterocycles. The number of nitro groups is 1. The van der Waals surface area contributed by atoms with Crippen molar-refractivity contribution in [1.29, 1.82) is 0 Å². The van der Waals surface area contributed by atoms with Crippen LogP contribution in [0.2, 0.25) is 5.02 Å². The Morgan fingerprint density at radius 1 is 1.26 bits per heavy atom. The van der Waals surface area contributed by atoms with E-state index in [0.29, 0.717) is 25.2 Å². The number of aromatic hydroxyl groups is 1. The van der Waals surface area contributed by atoms with Crippen molar-refractivity contribution in [3.63, 3.8) is 0 Å². The van der Waals surface area contributed by atoms with E-state index in [1.54, 1.807) is 24.3 Å². The predicted octanol–water partition coefficient (Wildman–Crippen LogP) is 2.89. The lowest BCUT2D eigenvalue weighted by Gasteiger charge is -2.05. The highest BCUT2D eigenvalue weighted by atomic mass is 35.5. The zero-order valence-corrected chi connectivity index (χ0v) is 15.6. The van der Waals surface area contributed by atoms with E-state index in [0.717, 1.165) is 11.3 Å². The lowest BCUT2D eigenvalue weighted by atomic mass is 10.1. The van der Waals surface area contributed by atoms with Crippen LogP contribution in [-0.2, 0) is 4.79 Å². The second-order valence-electron chi connectivity index (χ2n) is 5.59. The summed E-state index contributed by atoms with van der Waals surface area (Å²) in [4.78, 5) is 27.1. The molecule has 1 N–H and O–H groups in total. The Kier molecular flexibility index (Phi) is 4.14. The molecule has 27 heavy (non-hydrogen) atoms. The number of thiazole rings is 1. The van der Waals surface area contributed by atoms with Gasteiger partial charge in [0.15, 0.2) is 3.95 Å². The van der Waals surface area contributed by atoms with Gasteiger partial charge < -0.3 is 5.11 Å². The first-order valence-electron chi connectivity index (χ1n) is 7.50. The molecule has 0 bridgehead atoms. The molecular formula is C17H8ClN3O4S2. The summed E-state index contributed by atoms with van der Waals surface area (Å²) in [6, 6.07) is 10.7. The Labute approximate surface area is 165 Å². The topological polar surface area (TPSA) is 97.7 Å². The number of fused-ring (bicyclic) bond motifs is 1. The Balaban J connectivity index is 2.01. The highest BCUT2D eigenvalue weighted by molar-refractivity contribution is 7.73. The Morgan fingerprint density at radius 3 is 2.74 bits per heavy atom. The number of non-ortho nitro benzene ring substituents is 1. The van der Waals surface area contributed by atoms with Gasteiger partial charge in [-0.1, -0.05) is 17.7 Å². The SMILES string of the molecule is O=C1N=c2ccc([N+](=O)[O-])cc2=C1c1sc(=S)n(-c2cccc(Cl)c2)c1O. The van der Waals surface area contributed by atoms with Crippen LogP contribution >= 0.6 is 35.2 Å². The van der Waals surface area contributed by atoms with E-state index in [2.05, 4.69) is 4.99 Å². The minimum absolute atomic E-state index is 0.0862. The largest absolute Gasteiger partial charge is 0.493 e. The zero-order chi connectivity index (χ0) is 19.3. The number of aromatic nitrogens is 1. The molecule has 0 atom stereocenters. The van der Waals surface area contributed by atoms with Gasteiger partial charge in [-0.15, -0.1) is 11.3 Å². The third-order valence-electron chi connectivity index (χ3n) is 3.98. The van der Waals surface area contributed by atoms with Crippen LogP contribution < -0.4 is 10.6 Å². The van der Waals surface area contributed by atoms with Gasteiger partial charge in [0.2, 0.25) is 5.88 Å². The molecule has 0 spiro atoms. The first-order valence-corrected chi connectivity index (χ1v) is 9.10. The monoisotopic (exact) mass is 417 g/mol. The number of nitro benzene ring substituents is 1. The summed E-state index contributed by atoms with van der Waals surface area (Å²) in [6.45, 7) is 0. The van der Waals surface area contributed by atoms with Gasteiger partial charge in [0.1, 0.15) is 4.88 Å². The molecule has 0 fully saturated rings. The van der Waals surface area contributed by atoms with Crippen LogP contribution in [0.15, 0.2) is 47.5 Å². The summed E-state index contributed by atoms with van der Waals surface area (Å²) in [7, 11) is 0. The van der Waals surface area contributed by atoms with Gasteiger partial charge in [0, 0.05) is 22.4 Å². The van der Waals surface area contributed by atoms with Gasteiger partial charge in [-0.05, 0) is 36.5 Å². The number of halogens is 1. The van der Waals surface area contributed by atoms with Crippen LogP contribution in [0.3, 0.4) is 0 Å². The molecule has 10 heteroatoms. The van der Waals surface area contributed by atoms with Gasteiger partial charge in [-0.3, -0.25) is 19.5 Å². The van der Waals surface area contributed by atoms with Crippen molar-refractivity contribution in [3.05, 3.63) is 77.0 Å². The van der Waals surface area contributed by atoms with Crippen molar-refractivity contribution < 1.29 is 14.8 Å². The molecule has 1 amide bonds. The molecule has 0 aliphatic carbocycles. The van der Waals surface area contributed by atoms with Crippen molar-refractivity contribution in [2.24, 2.45) is 4.99 Å². The molecule has 0 radical (unpaired) electrons. The van der Waals surface area contributed by atoms with E-state index >= 15 is 0 Å². The van der Waals surface area contributed by atoms with Gasteiger partial charge in [-0.25, -0.2) is 4.99 Å². The summed E-state index contributed by atoms with van der Waals surface area (Å²) in [5.41, 5.74) is 0.450. The number of hydrogen-bond donors (Lipinski definition) is 1. The minimum atomic E-state index is -0.588. The summed E-state index contributed by atoms with van der Waals surface area (Å²) >= 11 is 12.4. The van der Waals surface area contributed by atoms with Crippen LogP contribution in [0.25, 0.3) is 11.3 Å². The van der Waals surface area contributed by atoms with Crippen LogP contribution in [0.5, 0.6) is 5.88 Å². The smallest absolute Gasteiger partial charge is 0.279 e. The molecule has 4 rings (SSSR count). The zero-order valence-electron chi connectivity index (χ0n) is 13.2. The van der Waals surface area contributed by atoms with E-state index in [9.17, 15) is 20.0 Å². The van der Waals surface area contributed by atoms with Crippen molar-refractivity contribution in [1.82, 2.24) is 4.57 Å². The average molecular weight is 418 g/mol. The molecule has 7 nitrogen and oxygen atoms in total. The molecule has 2 aromatic carbocycles. The molecule has 1 aliphatic heterocycles. The molecule has 0 unspecified atom stereocenters. The van der Waals surface area contributed by atoms with E-state index in [1.807, 2.05) is 0 Å². The Hall–Kier alpha value is -2.88. The fourth-order valence-electron chi connectivity index (χ4n) is 2.81. The second kappa shape index (κ2) is 6.38. The lowest BCUT2D eigenvalue weighted by Crippen LogP contribution is -2.23. The molecule has 1 aliphatic rings. The van der Waals surface area contributed by atoms with Crippen molar-refractivity contribution in [2.75, 3.05) is 0 Å². The summed E-state index contributed by atoms with van der Waals surface area (Å²) < 4.78 is 1.68. The highest BCUT2D eigenvalue weighted by Gasteiger charge is 2.26. The maximum absolute atomic E-state index is 12.4. The third kappa shape index (κ3) is 2.85. The molecule has 1 aromatic heterocycles. The number of nitrogens with zero attached hydrogens (tertiary/aromatic N) is 3. The van der Waals surface area contributed by atoms with Crippen LogP contribution in [0.1, 0.15) is 4.88 Å². The predicted molar refractivity (Wildman–Crippen MR) is 103 cm³/mol. The summed E-state index contributed by atoms with van der Waals surface area (Å²) in [6.07, 6.45) is 0. The second-order valence-corrected chi connectivity index (χ2v) is 7.67. The normalized spacial score (nSPS) is 12.8. The third-order valence-corrected chi connectivity index (χ3v) is 5.59. The lowest BCUT2D eigenvalue weighted by molar-refractivity contribution is -0.385. The van der Waals surface area contributed by atoms with E-state index < -0.39 is 10.8 Å². The van der Waals surface area contributed by atoms with Crippen LogP contribution in [0.4, 0.5) is 5.69 Å². The van der Waals surface area contributed by atoms with Gasteiger partial charge in [0.05, 0.1) is 21.5 Å². The van der Waals surface area contributed by atoms with Gasteiger partial charge >= 0.3 is 0 Å². The van der Waals surface area contributed by atoms with Gasteiger partial charge in [0.25, 0.3) is 11.6 Å². The number of carbonyl (C=O) groups is 1. The number of hydrogen-bond acceptors (Lipinski definition) is 6. The fraction of sp³-hybridized carbons (Fsp3) is 0.